The molecule has 2 N–H and O–H groups in total. The Bertz CT molecular complexity index is 921. The van der Waals surface area contributed by atoms with Gasteiger partial charge in [0, 0.05) is 25.1 Å². The van der Waals surface area contributed by atoms with Crippen LogP contribution >= 0.6 is 0 Å². The number of anilines is 1. The van der Waals surface area contributed by atoms with E-state index in [0.717, 1.165) is 25.0 Å². The predicted octanol–water partition coefficient (Wildman–Crippen LogP) is 2.90. The first kappa shape index (κ1) is 24.9. The fraction of sp³-hybridized carbons (Fsp3) is 0.542. The number of piperidine rings is 1. The van der Waals surface area contributed by atoms with Gasteiger partial charge in [-0.3, -0.25) is 14.5 Å². The minimum absolute atomic E-state index is 0.0158. The second-order valence-corrected chi connectivity index (χ2v) is 8.72. The van der Waals surface area contributed by atoms with Gasteiger partial charge >= 0.3 is 0 Å². The van der Waals surface area contributed by atoms with Crippen LogP contribution in [0.1, 0.15) is 38.8 Å². The summed E-state index contributed by atoms with van der Waals surface area (Å²) in [4.78, 5) is 27.1. The highest BCUT2D eigenvalue weighted by molar-refractivity contribution is 5.91. The van der Waals surface area contributed by atoms with Gasteiger partial charge in [0.1, 0.15) is 11.6 Å². The van der Waals surface area contributed by atoms with E-state index in [1.807, 2.05) is 20.8 Å². The van der Waals surface area contributed by atoms with Crippen LogP contribution in [0.2, 0.25) is 0 Å². The third-order valence-corrected chi connectivity index (χ3v) is 5.57. The van der Waals surface area contributed by atoms with Crippen LogP contribution in [0.5, 0.6) is 0 Å². The van der Waals surface area contributed by atoms with Crippen molar-refractivity contribution in [2.45, 2.75) is 46.1 Å². The number of carbonyl (C=O) groups excluding carboxylic acids is 2. The Balaban J connectivity index is 1.43. The zero-order chi connectivity index (χ0) is 23.8. The van der Waals surface area contributed by atoms with E-state index in [2.05, 4.69) is 20.6 Å². The first-order valence-electron chi connectivity index (χ1n) is 11.6. The highest BCUT2D eigenvalue weighted by atomic mass is 19.1. The lowest BCUT2D eigenvalue weighted by Crippen LogP contribution is -2.43. The number of ether oxygens (including phenoxy) is 1. The van der Waals surface area contributed by atoms with Gasteiger partial charge in [-0.1, -0.05) is 0 Å². The molecular formula is C24H34FN5O3. The number of amides is 2. The van der Waals surface area contributed by atoms with Crippen LogP contribution in [0.25, 0.3) is 5.69 Å². The number of hydrogen-bond donors (Lipinski definition) is 2. The number of nitrogens with one attached hydrogen (secondary N) is 2. The maximum absolute atomic E-state index is 13.2. The Morgan fingerprint density at radius 1 is 1.21 bits per heavy atom. The third kappa shape index (κ3) is 7.64. The highest BCUT2D eigenvalue weighted by Gasteiger charge is 2.26. The van der Waals surface area contributed by atoms with Gasteiger partial charge in [0.25, 0.3) is 0 Å². The molecule has 180 valence electrons. The van der Waals surface area contributed by atoms with Crippen molar-refractivity contribution in [1.82, 2.24) is 20.0 Å². The minimum atomic E-state index is -0.328. The number of nitrogens with zero attached hydrogens (tertiary/aromatic N) is 3. The molecule has 1 aliphatic heterocycles. The molecule has 1 aromatic carbocycles. The van der Waals surface area contributed by atoms with Crippen molar-refractivity contribution in [3.05, 3.63) is 41.8 Å². The van der Waals surface area contributed by atoms with Crippen molar-refractivity contribution >= 4 is 17.6 Å². The summed E-state index contributed by atoms with van der Waals surface area (Å²) in [5.41, 5.74) is 1.42. The van der Waals surface area contributed by atoms with E-state index >= 15 is 0 Å². The molecule has 0 bridgehead atoms. The summed E-state index contributed by atoms with van der Waals surface area (Å²) in [5, 5.41) is 10.3. The molecule has 1 fully saturated rings. The number of halogens is 1. The maximum atomic E-state index is 13.2. The number of carbonyl (C=O) groups is 2. The number of aryl methyl sites for hydroxylation is 1. The average molecular weight is 460 g/mol. The molecule has 9 heteroatoms. The van der Waals surface area contributed by atoms with Crippen LogP contribution in [-0.2, 0) is 14.3 Å². The molecular weight excluding hydrogens is 425 g/mol. The van der Waals surface area contributed by atoms with Gasteiger partial charge in [-0.05, 0) is 77.4 Å². The third-order valence-electron chi connectivity index (χ3n) is 5.57. The molecule has 8 nitrogen and oxygen atoms in total. The first-order chi connectivity index (χ1) is 15.8. The molecule has 1 aliphatic rings. The van der Waals surface area contributed by atoms with E-state index in [1.54, 1.807) is 22.9 Å². The molecule has 2 heterocycles. The summed E-state index contributed by atoms with van der Waals surface area (Å²) in [6, 6.07) is 7.73. The lowest BCUT2D eigenvalue weighted by atomic mass is 9.96. The number of benzene rings is 1. The van der Waals surface area contributed by atoms with Gasteiger partial charge in [-0.2, -0.15) is 5.10 Å². The van der Waals surface area contributed by atoms with Crippen molar-refractivity contribution in [2.75, 3.05) is 38.1 Å². The van der Waals surface area contributed by atoms with E-state index in [1.165, 1.54) is 12.1 Å². The van der Waals surface area contributed by atoms with Crippen LogP contribution in [0.4, 0.5) is 10.2 Å². The van der Waals surface area contributed by atoms with Crippen LogP contribution in [0, 0.1) is 18.7 Å². The van der Waals surface area contributed by atoms with Crippen LogP contribution < -0.4 is 10.6 Å². The Morgan fingerprint density at radius 3 is 2.58 bits per heavy atom. The lowest BCUT2D eigenvalue weighted by molar-refractivity contribution is -0.126. The standard InChI is InChI=1S/C24H34FN5O3/c1-17(2)33-14-4-11-26-24(32)19-9-12-29(13-10-19)16-23(31)27-22-15-18(3)28-30(22)21-7-5-20(25)6-8-21/h5-8,15,17,19H,4,9-14,16H2,1-3H3,(H,26,32)(H,27,31). The monoisotopic (exact) mass is 459 g/mol. The normalized spacial score (nSPS) is 15.1. The average Bonchev–Trinajstić information content (AvgIpc) is 3.13. The molecule has 1 saturated heterocycles. The quantitative estimate of drug-likeness (QED) is 0.534. The molecule has 0 aliphatic carbocycles. The van der Waals surface area contributed by atoms with E-state index < -0.39 is 0 Å². The molecule has 0 spiro atoms. The van der Waals surface area contributed by atoms with Gasteiger partial charge in [-0.15, -0.1) is 0 Å². The smallest absolute Gasteiger partial charge is 0.239 e. The maximum Gasteiger partial charge on any atom is 0.239 e. The number of hydrogen-bond acceptors (Lipinski definition) is 5. The van der Waals surface area contributed by atoms with E-state index in [9.17, 15) is 14.0 Å². The van der Waals surface area contributed by atoms with Gasteiger partial charge in [0.2, 0.25) is 11.8 Å². The number of likely N-dealkylation sites (tertiary alicyclic amines) is 1. The largest absolute Gasteiger partial charge is 0.379 e. The fourth-order valence-electron chi connectivity index (χ4n) is 3.85. The Hall–Kier alpha value is -2.78. The van der Waals surface area contributed by atoms with Crippen molar-refractivity contribution in [3.8, 4) is 5.69 Å². The minimum Gasteiger partial charge on any atom is -0.379 e. The summed E-state index contributed by atoms with van der Waals surface area (Å²) in [6.07, 6.45) is 2.47. The molecule has 33 heavy (non-hydrogen) atoms. The van der Waals surface area contributed by atoms with Crippen LogP contribution in [-0.4, -0.2) is 65.4 Å². The zero-order valence-electron chi connectivity index (χ0n) is 19.6. The first-order valence-corrected chi connectivity index (χ1v) is 11.6. The van der Waals surface area contributed by atoms with E-state index in [-0.39, 0.29) is 36.2 Å². The SMILES string of the molecule is Cc1cc(NC(=O)CN2CCC(C(=O)NCCCOC(C)C)CC2)n(-c2ccc(F)cc2)n1. The van der Waals surface area contributed by atoms with E-state index in [0.29, 0.717) is 37.7 Å². The van der Waals surface area contributed by atoms with Crippen molar-refractivity contribution < 1.29 is 18.7 Å². The number of aromatic nitrogens is 2. The lowest BCUT2D eigenvalue weighted by Gasteiger charge is -2.30. The molecule has 2 aromatic rings. The Labute approximate surface area is 194 Å². The molecule has 1 aromatic heterocycles. The molecule has 2 amide bonds. The zero-order valence-corrected chi connectivity index (χ0v) is 19.6. The van der Waals surface area contributed by atoms with Crippen molar-refractivity contribution in [2.24, 2.45) is 5.92 Å². The summed E-state index contributed by atoms with van der Waals surface area (Å²) >= 11 is 0. The molecule has 0 saturated carbocycles. The molecule has 0 unspecified atom stereocenters. The summed E-state index contributed by atoms with van der Waals surface area (Å²) in [5.74, 6) is 0.136. The van der Waals surface area contributed by atoms with Gasteiger partial charge in [-0.25, -0.2) is 9.07 Å². The Morgan fingerprint density at radius 2 is 1.91 bits per heavy atom. The van der Waals surface area contributed by atoms with Crippen LogP contribution in [0.15, 0.2) is 30.3 Å². The summed E-state index contributed by atoms with van der Waals surface area (Å²) in [7, 11) is 0. The van der Waals surface area contributed by atoms with Gasteiger partial charge in [0.05, 0.1) is 24.0 Å². The highest BCUT2D eigenvalue weighted by Crippen LogP contribution is 2.19. The Kier molecular flexibility index (Phi) is 8.96. The summed E-state index contributed by atoms with van der Waals surface area (Å²) in [6.45, 7) is 8.72. The second kappa shape index (κ2) is 11.9. The van der Waals surface area contributed by atoms with E-state index in [4.69, 9.17) is 4.74 Å². The molecule has 3 rings (SSSR count). The number of rotatable bonds is 10. The van der Waals surface area contributed by atoms with Crippen molar-refractivity contribution in [1.29, 1.82) is 0 Å². The molecule has 0 radical (unpaired) electrons. The van der Waals surface area contributed by atoms with Gasteiger partial charge < -0.3 is 15.4 Å². The predicted molar refractivity (Wildman–Crippen MR) is 125 cm³/mol. The van der Waals surface area contributed by atoms with Gasteiger partial charge in [0.15, 0.2) is 0 Å². The molecule has 0 atom stereocenters. The topological polar surface area (TPSA) is 88.5 Å². The fourth-order valence-corrected chi connectivity index (χ4v) is 3.85. The second-order valence-electron chi connectivity index (χ2n) is 8.72. The summed E-state index contributed by atoms with van der Waals surface area (Å²) < 4.78 is 20.3. The van der Waals surface area contributed by atoms with Crippen LogP contribution in [0.3, 0.4) is 0 Å². The van der Waals surface area contributed by atoms with Crippen molar-refractivity contribution in [3.63, 3.8) is 0 Å².